The second-order valence-corrected chi connectivity index (χ2v) is 6.38. The van der Waals surface area contributed by atoms with Crippen LogP contribution in [0.4, 0.5) is 10.8 Å². The van der Waals surface area contributed by atoms with Crippen molar-refractivity contribution in [3.8, 4) is 0 Å². The zero-order valence-corrected chi connectivity index (χ0v) is 13.2. The Morgan fingerprint density at radius 3 is 2.95 bits per heavy atom. The molecule has 0 bridgehead atoms. The SMILES string of the molecule is CC(=O)Nc1nnc([C@H]2CC(=O)N(c3cccc(C)c3)C2)s1. The van der Waals surface area contributed by atoms with E-state index in [4.69, 9.17) is 0 Å². The molecule has 1 N–H and O–H groups in total. The van der Waals surface area contributed by atoms with Crippen molar-refractivity contribution in [3.63, 3.8) is 0 Å². The molecule has 114 valence electrons. The largest absolute Gasteiger partial charge is 0.312 e. The van der Waals surface area contributed by atoms with Gasteiger partial charge in [-0.25, -0.2) is 0 Å². The summed E-state index contributed by atoms with van der Waals surface area (Å²) in [6.07, 6.45) is 0.419. The summed E-state index contributed by atoms with van der Waals surface area (Å²) in [6.45, 7) is 4.03. The fourth-order valence-electron chi connectivity index (χ4n) is 2.52. The summed E-state index contributed by atoms with van der Waals surface area (Å²) in [5.41, 5.74) is 2.04. The number of anilines is 2. The van der Waals surface area contributed by atoms with Gasteiger partial charge in [0.1, 0.15) is 5.01 Å². The van der Waals surface area contributed by atoms with Gasteiger partial charge in [-0.1, -0.05) is 23.5 Å². The molecule has 1 aromatic carbocycles. The van der Waals surface area contributed by atoms with E-state index >= 15 is 0 Å². The number of hydrogen-bond donors (Lipinski definition) is 1. The molecule has 1 saturated heterocycles. The first kappa shape index (κ1) is 14.6. The standard InChI is InChI=1S/C15H16N4O2S/c1-9-4-3-5-12(6-9)19-8-11(7-13(19)21)14-17-18-15(22-14)16-10(2)20/h3-6,11H,7-8H2,1-2H3,(H,16,18,20)/t11-/m0/s1. The average Bonchev–Trinajstić information content (AvgIpc) is 3.05. The molecular formula is C15H16N4O2S. The van der Waals surface area contributed by atoms with Crippen LogP contribution in [0.5, 0.6) is 0 Å². The lowest BCUT2D eigenvalue weighted by Gasteiger charge is -2.16. The third-order valence-corrected chi connectivity index (χ3v) is 4.51. The number of carbonyl (C=O) groups excluding carboxylic acids is 2. The van der Waals surface area contributed by atoms with E-state index in [0.29, 0.717) is 18.1 Å². The Morgan fingerprint density at radius 1 is 1.41 bits per heavy atom. The van der Waals surface area contributed by atoms with Gasteiger partial charge in [0.25, 0.3) is 0 Å². The maximum absolute atomic E-state index is 12.3. The number of benzene rings is 1. The molecule has 1 aliphatic heterocycles. The molecule has 1 aromatic heterocycles. The lowest BCUT2D eigenvalue weighted by atomic mass is 10.1. The molecule has 0 saturated carbocycles. The molecule has 6 nitrogen and oxygen atoms in total. The van der Waals surface area contributed by atoms with Gasteiger partial charge >= 0.3 is 0 Å². The first-order valence-corrected chi connectivity index (χ1v) is 7.82. The van der Waals surface area contributed by atoms with E-state index in [0.717, 1.165) is 16.3 Å². The van der Waals surface area contributed by atoms with E-state index in [1.807, 2.05) is 31.2 Å². The Balaban J connectivity index is 1.77. The molecule has 22 heavy (non-hydrogen) atoms. The Bertz CT molecular complexity index is 728. The number of rotatable bonds is 3. The number of nitrogens with zero attached hydrogens (tertiary/aromatic N) is 3. The van der Waals surface area contributed by atoms with Gasteiger partial charge < -0.3 is 10.2 Å². The van der Waals surface area contributed by atoms with Gasteiger partial charge in [0.2, 0.25) is 16.9 Å². The van der Waals surface area contributed by atoms with Gasteiger partial charge in [0, 0.05) is 31.5 Å². The summed E-state index contributed by atoms with van der Waals surface area (Å²) in [6, 6.07) is 7.90. The van der Waals surface area contributed by atoms with Crippen molar-refractivity contribution in [3.05, 3.63) is 34.8 Å². The number of hydrogen-bond acceptors (Lipinski definition) is 5. The minimum Gasteiger partial charge on any atom is -0.312 e. The minimum absolute atomic E-state index is 0.0213. The van der Waals surface area contributed by atoms with E-state index in [2.05, 4.69) is 15.5 Å². The van der Waals surface area contributed by atoms with Crippen molar-refractivity contribution in [1.29, 1.82) is 0 Å². The number of nitrogens with one attached hydrogen (secondary N) is 1. The van der Waals surface area contributed by atoms with E-state index in [-0.39, 0.29) is 17.7 Å². The maximum atomic E-state index is 12.3. The Hall–Kier alpha value is -2.28. The molecule has 2 aromatic rings. The minimum atomic E-state index is -0.174. The first-order chi connectivity index (χ1) is 10.5. The molecule has 1 fully saturated rings. The molecular weight excluding hydrogens is 300 g/mol. The van der Waals surface area contributed by atoms with Gasteiger partial charge in [-0.2, -0.15) is 0 Å². The summed E-state index contributed by atoms with van der Waals surface area (Å²) in [4.78, 5) is 25.1. The lowest BCUT2D eigenvalue weighted by molar-refractivity contribution is -0.117. The second kappa shape index (κ2) is 5.84. The van der Waals surface area contributed by atoms with Crippen LogP contribution >= 0.6 is 11.3 Å². The van der Waals surface area contributed by atoms with Crippen molar-refractivity contribution < 1.29 is 9.59 Å². The fraction of sp³-hybridized carbons (Fsp3) is 0.333. The van der Waals surface area contributed by atoms with E-state index in [1.54, 1.807) is 4.90 Å². The molecule has 2 amide bonds. The number of aryl methyl sites for hydroxylation is 1. The predicted molar refractivity (Wildman–Crippen MR) is 85.1 cm³/mol. The highest BCUT2D eigenvalue weighted by molar-refractivity contribution is 7.15. The zero-order chi connectivity index (χ0) is 15.7. The monoisotopic (exact) mass is 316 g/mol. The highest BCUT2D eigenvalue weighted by Crippen LogP contribution is 2.34. The Labute approximate surface area is 132 Å². The fourth-order valence-corrected chi connectivity index (χ4v) is 3.40. The third kappa shape index (κ3) is 2.99. The molecule has 7 heteroatoms. The summed E-state index contributed by atoms with van der Waals surface area (Å²) in [7, 11) is 0. The molecule has 2 heterocycles. The zero-order valence-electron chi connectivity index (χ0n) is 12.4. The van der Waals surface area contributed by atoms with Gasteiger partial charge in [0.15, 0.2) is 0 Å². The van der Waals surface area contributed by atoms with Crippen molar-refractivity contribution in [2.45, 2.75) is 26.2 Å². The Morgan fingerprint density at radius 2 is 2.23 bits per heavy atom. The number of carbonyl (C=O) groups is 2. The van der Waals surface area contributed by atoms with Crippen molar-refractivity contribution >= 4 is 34.0 Å². The molecule has 1 atom stereocenters. The summed E-state index contributed by atoms with van der Waals surface area (Å²) < 4.78 is 0. The van der Waals surface area contributed by atoms with Crippen LogP contribution in [0.3, 0.4) is 0 Å². The first-order valence-electron chi connectivity index (χ1n) is 7.01. The van der Waals surface area contributed by atoms with Gasteiger partial charge in [-0.3, -0.25) is 9.59 Å². The lowest BCUT2D eigenvalue weighted by Crippen LogP contribution is -2.24. The van der Waals surface area contributed by atoms with Crippen LogP contribution in [-0.2, 0) is 9.59 Å². The van der Waals surface area contributed by atoms with Gasteiger partial charge in [0.05, 0.1) is 0 Å². The molecule has 0 spiro atoms. The summed E-state index contributed by atoms with van der Waals surface area (Å²) >= 11 is 1.33. The van der Waals surface area contributed by atoms with Crippen LogP contribution < -0.4 is 10.2 Å². The normalized spacial score (nSPS) is 17.8. The highest BCUT2D eigenvalue weighted by atomic mass is 32.1. The quantitative estimate of drug-likeness (QED) is 0.943. The van der Waals surface area contributed by atoms with Crippen LogP contribution in [0.15, 0.2) is 24.3 Å². The smallest absolute Gasteiger partial charge is 0.227 e. The van der Waals surface area contributed by atoms with Crippen LogP contribution in [0, 0.1) is 6.92 Å². The summed E-state index contributed by atoms with van der Waals surface area (Å²) in [5, 5.41) is 11.9. The topological polar surface area (TPSA) is 75.2 Å². The van der Waals surface area contributed by atoms with Crippen LogP contribution in [0.25, 0.3) is 0 Å². The highest BCUT2D eigenvalue weighted by Gasteiger charge is 2.33. The van der Waals surface area contributed by atoms with E-state index in [1.165, 1.54) is 18.3 Å². The molecule has 1 aliphatic rings. The molecule has 0 radical (unpaired) electrons. The van der Waals surface area contributed by atoms with E-state index < -0.39 is 0 Å². The average molecular weight is 316 g/mol. The molecule has 3 rings (SSSR count). The van der Waals surface area contributed by atoms with Crippen molar-refractivity contribution in [2.75, 3.05) is 16.8 Å². The summed E-state index contributed by atoms with van der Waals surface area (Å²) in [5.74, 6) is -0.0634. The Kier molecular flexibility index (Phi) is 3.89. The van der Waals surface area contributed by atoms with Crippen molar-refractivity contribution in [1.82, 2.24) is 10.2 Å². The van der Waals surface area contributed by atoms with Crippen LogP contribution in [-0.4, -0.2) is 28.6 Å². The van der Waals surface area contributed by atoms with Gasteiger partial charge in [-0.05, 0) is 24.6 Å². The maximum Gasteiger partial charge on any atom is 0.227 e. The predicted octanol–water partition coefficient (Wildman–Crippen LogP) is 2.33. The molecule has 0 aliphatic carbocycles. The van der Waals surface area contributed by atoms with Crippen LogP contribution in [0.1, 0.15) is 29.8 Å². The third-order valence-electron chi connectivity index (χ3n) is 3.51. The van der Waals surface area contributed by atoms with Gasteiger partial charge in [-0.15, -0.1) is 10.2 Å². The molecule has 0 unspecified atom stereocenters. The van der Waals surface area contributed by atoms with Crippen LogP contribution in [0.2, 0.25) is 0 Å². The second-order valence-electron chi connectivity index (χ2n) is 5.37. The number of amides is 2. The van der Waals surface area contributed by atoms with E-state index in [9.17, 15) is 9.59 Å². The number of aromatic nitrogens is 2. The van der Waals surface area contributed by atoms with Crippen molar-refractivity contribution in [2.24, 2.45) is 0 Å².